The third-order valence-corrected chi connectivity index (χ3v) is 4.36. The number of fused-ring (bicyclic) bond motifs is 1. The van der Waals surface area contributed by atoms with Gasteiger partial charge in [0.05, 0.1) is 0 Å². The second-order valence-electron chi connectivity index (χ2n) is 6.55. The Morgan fingerprint density at radius 1 is 1.13 bits per heavy atom. The highest BCUT2D eigenvalue weighted by Crippen LogP contribution is 2.27. The molecule has 0 radical (unpaired) electrons. The zero-order valence-corrected chi connectivity index (χ0v) is 15.7. The fourth-order valence-electron chi connectivity index (χ4n) is 2.80. The molecule has 0 aliphatic heterocycles. The molecule has 1 atom stereocenters. The van der Waals surface area contributed by atoms with E-state index < -0.39 is 23.6 Å². The standard InChI is InChI=1S/C22H16F2N2O4/c1-12(29-19-4-2-3-16(23)20(19)24)21(28)25-14-7-10-18-17(11-14)26-22(30-18)13-5-8-15(27)9-6-13/h2-12,27H,1H3,(H,25,28)/t12-/m0/s1. The van der Waals surface area contributed by atoms with Crippen molar-refractivity contribution in [3.8, 4) is 23.0 Å². The largest absolute Gasteiger partial charge is 0.508 e. The molecule has 30 heavy (non-hydrogen) atoms. The van der Waals surface area contributed by atoms with E-state index >= 15 is 0 Å². The first-order chi connectivity index (χ1) is 14.4. The molecule has 2 N–H and O–H groups in total. The van der Waals surface area contributed by atoms with Crippen molar-refractivity contribution in [2.75, 3.05) is 5.32 Å². The number of amides is 1. The first-order valence-electron chi connectivity index (χ1n) is 9.02. The number of rotatable bonds is 5. The van der Waals surface area contributed by atoms with Crippen LogP contribution in [-0.4, -0.2) is 22.1 Å². The summed E-state index contributed by atoms with van der Waals surface area (Å²) in [5.74, 6) is -2.59. The monoisotopic (exact) mass is 410 g/mol. The molecule has 8 heteroatoms. The lowest BCUT2D eigenvalue weighted by molar-refractivity contribution is -0.122. The predicted octanol–water partition coefficient (Wildman–Crippen LogP) is 4.88. The number of aromatic nitrogens is 1. The van der Waals surface area contributed by atoms with Crippen molar-refractivity contribution in [3.05, 3.63) is 72.3 Å². The molecule has 0 unspecified atom stereocenters. The van der Waals surface area contributed by atoms with E-state index in [4.69, 9.17) is 9.15 Å². The van der Waals surface area contributed by atoms with E-state index in [1.165, 1.54) is 31.2 Å². The lowest BCUT2D eigenvalue weighted by atomic mass is 10.2. The molecule has 4 rings (SSSR count). The minimum atomic E-state index is -1.15. The molecule has 0 aliphatic carbocycles. The van der Waals surface area contributed by atoms with Crippen molar-refractivity contribution in [2.24, 2.45) is 0 Å². The number of nitrogens with one attached hydrogen (secondary N) is 1. The van der Waals surface area contributed by atoms with Crippen molar-refractivity contribution in [3.63, 3.8) is 0 Å². The van der Waals surface area contributed by atoms with Gasteiger partial charge in [-0.25, -0.2) is 9.37 Å². The Morgan fingerprint density at radius 2 is 1.90 bits per heavy atom. The van der Waals surface area contributed by atoms with Gasteiger partial charge in [0.25, 0.3) is 5.91 Å². The van der Waals surface area contributed by atoms with Crippen molar-refractivity contribution in [1.82, 2.24) is 4.98 Å². The number of nitrogens with zero attached hydrogens (tertiary/aromatic N) is 1. The zero-order chi connectivity index (χ0) is 21.3. The molecule has 4 aromatic rings. The van der Waals surface area contributed by atoms with Crippen LogP contribution in [0.1, 0.15) is 6.92 Å². The van der Waals surface area contributed by atoms with Gasteiger partial charge >= 0.3 is 0 Å². The van der Waals surface area contributed by atoms with Crippen LogP contribution in [0.4, 0.5) is 14.5 Å². The van der Waals surface area contributed by atoms with Gasteiger partial charge in [0.1, 0.15) is 11.3 Å². The highest BCUT2D eigenvalue weighted by atomic mass is 19.2. The third-order valence-electron chi connectivity index (χ3n) is 4.36. The summed E-state index contributed by atoms with van der Waals surface area (Å²) in [6.45, 7) is 1.43. The number of aromatic hydroxyl groups is 1. The van der Waals surface area contributed by atoms with Crippen LogP contribution in [-0.2, 0) is 4.79 Å². The van der Waals surface area contributed by atoms with Gasteiger partial charge in [0, 0.05) is 11.3 Å². The summed E-state index contributed by atoms with van der Waals surface area (Å²) in [7, 11) is 0. The molecule has 0 aliphatic rings. The maximum Gasteiger partial charge on any atom is 0.265 e. The van der Waals surface area contributed by atoms with E-state index in [2.05, 4.69) is 10.3 Å². The van der Waals surface area contributed by atoms with E-state index in [1.807, 2.05) is 0 Å². The molecule has 3 aromatic carbocycles. The molecule has 152 valence electrons. The van der Waals surface area contributed by atoms with Gasteiger partial charge in [-0.05, 0) is 61.5 Å². The molecule has 0 bridgehead atoms. The fraction of sp³-hybridized carbons (Fsp3) is 0.0909. The van der Waals surface area contributed by atoms with Gasteiger partial charge in [0.2, 0.25) is 11.7 Å². The maximum absolute atomic E-state index is 13.7. The SMILES string of the molecule is C[C@H](Oc1cccc(F)c1F)C(=O)Nc1ccc2oc(-c3ccc(O)cc3)nc2c1. The molecule has 1 heterocycles. The number of carbonyl (C=O) groups is 1. The number of carbonyl (C=O) groups excluding carboxylic acids is 1. The normalized spacial score (nSPS) is 12.0. The Bertz CT molecular complexity index is 1220. The van der Waals surface area contributed by atoms with Crippen LogP contribution < -0.4 is 10.1 Å². The Morgan fingerprint density at radius 3 is 2.67 bits per heavy atom. The molecule has 1 amide bonds. The lowest BCUT2D eigenvalue weighted by Crippen LogP contribution is -2.30. The molecule has 0 fully saturated rings. The molecular formula is C22H16F2N2O4. The molecule has 1 aromatic heterocycles. The van der Waals surface area contributed by atoms with Gasteiger partial charge in [-0.2, -0.15) is 4.39 Å². The van der Waals surface area contributed by atoms with Crippen LogP contribution in [0.15, 0.2) is 65.1 Å². The van der Waals surface area contributed by atoms with Crippen LogP contribution in [0.3, 0.4) is 0 Å². The molecule has 0 saturated heterocycles. The highest BCUT2D eigenvalue weighted by Gasteiger charge is 2.19. The second-order valence-corrected chi connectivity index (χ2v) is 6.55. The fourth-order valence-corrected chi connectivity index (χ4v) is 2.80. The number of benzene rings is 3. The van der Waals surface area contributed by atoms with Crippen LogP contribution in [0, 0.1) is 11.6 Å². The van der Waals surface area contributed by atoms with Gasteiger partial charge < -0.3 is 19.6 Å². The number of oxazole rings is 1. The molecule has 0 saturated carbocycles. The topological polar surface area (TPSA) is 84.6 Å². The number of hydrogen-bond donors (Lipinski definition) is 2. The number of phenolic OH excluding ortho intramolecular Hbond substituents is 1. The van der Waals surface area contributed by atoms with Crippen LogP contribution in [0.2, 0.25) is 0 Å². The van der Waals surface area contributed by atoms with Crippen molar-refractivity contribution < 1.29 is 27.8 Å². The minimum absolute atomic E-state index is 0.134. The molecule has 6 nitrogen and oxygen atoms in total. The Balaban J connectivity index is 1.49. The first kappa shape index (κ1) is 19.4. The summed E-state index contributed by atoms with van der Waals surface area (Å²) >= 11 is 0. The number of ether oxygens (including phenoxy) is 1. The van der Waals surface area contributed by atoms with Gasteiger partial charge in [-0.15, -0.1) is 0 Å². The Labute approximate surface area is 169 Å². The summed E-state index contributed by atoms with van der Waals surface area (Å²) in [6, 6.07) is 14.8. The van der Waals surface area contributed by atoms with Crippen molar-refractivity contribution in [1.29, 1.82) is 0 Å². The first-order valence-corrected chi connectivity index (χ1v) is 9.02. The van der Waals surface area contributed by atoms with Crippen LogP contribution in [0.25, 0.3) is 22.6 Å². The second kappa shape index (κ2) is 7.82. The summed E-state index contributed by atoms with van der Waals surface area (Å²) in [6.07, 6.45) is -1.07. The summed E-state index contributed by atoms with van der Waals surface area (Å²) in [5, 5.41) is 12.0. The minimum Gasteiger partial charge on any atom is -0.508 e. The average Bonchev–Trinajstić information content (AvgIpc) is 3.15. The van der Waals surface area contributed by atoms with Crippen molar-refractivity contribution >= 4 is 22.7 Å². The Kier molecular flexibility index (Phi) is 5.05. The van der Waals surface area contributed by atoms with E-state index in [0.29, 0.717) is 28.2 Å². The number of halogens is 2. The van der Waals surface area contributed by atoms with Gasteiger partial charge in [-0.3, -0.25) is 4.79 Å². The number of hydrogen-bond acceptors (Lipinski definition) is 5. The predicted molar refractivity (Wildman–Crippen MR) is 106 cm³/mol. The molecule has 0 spiro atoms. The van der Waals surface area contributed by atoms with E-state index in [-0.39, 0.29) is 11.5 Å². The van der Waals surface area contributed by atoms with Gasteiger partial charge in [-0.1, -0.05) is 6.07 Å². The van der Waals surface area contributed by atoms with Gasteiger partial charge in [0.15, 0.2) is 23.3 Å². The Hall–Kier alpha value is -3.94. The number of phenols is 1. The number of anilines is 1. The van der Waals surface area contributed by atoms with E-state index in [1.54, 1.807) is 30.3 Å². The van der Waals surface area contributed by atoms with E-state index in [9.17, 15) is 18.7 Å². The van der Waals surface area contributed by atoms with Crippen LogP contribution >= 0.6 is 0 Å². The van der Waals surface area contributed by atoms with Crippen molar-refractivity contribution in [2.45, 2.75) is 13.0 Å². The smallest absolute Gasteiger partial charge is 0.265 e. The highest BCUT2D eigenvalue weighted by molar-refractivity contribution is 5.95. The zero-order valence-electron chi connectivity index (χ0n) is 15.7. The van der Waals surface area contributed by atoms with Crippen LogP contribution in [0.5, 0.6) is 11.5 Å². The third kappa shape index (κ3) is 3.93. The average molecular weight is 410 g/mol. The quantitative estimate of drug-likeness (QED) is 0.490. The lowest BCUT2D eigenvalue weighted by Gasteiger charge is -2.15. The maximum atomic E-state index is 13.7. The summed E-state index contributed by atoms with van der Waals surface area (Å²) < 4.78 is 37.9. The summed E-state index contributed by atoms with van der Waals surface area (Å²) in [4.78, 5) is 16.8. The van der Waals surface area contributed by atoms with E-state index in [0.717, 1.165) is 6.07 Å². The molecular weight excluding hydrogens is 394 g/mol. The summed E-state index contributed by atoms with van der Waals surface area (Å²) in [5.41, 5.74) is 2.16.